The van der Waals surface area contributed by atoms with Gasteiger partial charge < -0.3 is 19.0 Å². The van der Waals surface area contributed by atoms with Crippen molar-refractivity contribution < 1.29 is 38.5 Å². The molecule has 0 aliphatic carbocycles. The van der Waals surface area contributed by atoms with E-state index >= 15 is 0 Å². The zero-order chi connectivity index (χ0) is 30.0. The van der Waals surface area contributed by atoms with Crippen molar-refractivity contribution in [1.29, 1.82) is 0 Å². The van der Waals surface area contributed by atoms with Gasteiger partial charge in [0, 0.05) is 18.1 Å². The molecule has 0 aromatic heterocycles. The summed E-state index contributed by atoms with van der Waals surface area (Å²) in [5.41, 5.74) is 1.58. The maximum Gasteiger partial charge on any atom is 0.343 e. The molecule has 0 N–H and O–H groups in total. The fourth-order valence-corrected chi connectivity index (χ4v) is 3.85. The van der Waals surface area contributed by atoms with Crippen LogP contribution in [-0.2, 0) is 23.9 Å². The lowest BCUT2D eigenvalue weighted by molar-refractivity contribution is -0.757. The lowest BCUT2D eigenvalue weighted by Crippen LogP contribution is -2.31. The molecule has 0 radical (unpaired) electrons. The molecule has 1 unspecified atom stereocenters. The molecule has 0 bridgehead atoms. The molecule has 0 aliphatic rings. The van der Waals surface area contributed by atoms with Crippen molar-refractivity contribution in [3.05, 3.63) is 81.4 Å². The van der Waals surface area contributed by atoms with Crippen molar-refractivity contribution in [3.8, 4) is 5.75 Å². The second-order valence-electron chi connectivity index (χ2n) is 9.04. The minimum atomic E-state index is -0.905. The molecule has 11 heteroatoms. The van der Waals surface area contributed by atoms with Crippen molar-refractivity contribution in [2.45, 2.75) is 52.6 Å². The molecule has 2 aromatic carbocycles. The molecule has 2 aromatic rings. The topological polar surface area (TPSA) is 135 Å². The number of carbonyl (C=O) groups is 3. The first-order valence-corrected chi connectivity index (χ1v) is 13.7. The molecular weight excluding hydrogens is 532 g/mol. The fourth-order valence-electron chi connectivity index (χ4n) is 3.85. The van der Waals surface area contributed by atoms with Gasteiger partial charge in [-0.3, -0.25) is 9.69 Å². The van der Waals surface area contributed by atoms with Crippen LogP contribution in [0.2, 0.25) is 0 Å². The largest absolute Gasteiger partial charge is 0.462 e. The van der Waals surface area contributed by atoms with Crippen LogP contribution in [0.4, 0.5) is 0 Å². The average molecular weight is 571 g/mol. The summed E-state index contributed by atoms with van der Waals surface area (Å²) < 4.78 is 16.4. The van der Waals surface area contributed by atoms with Crippen molar-refractivity contribution >= 4 is 24.0 Å². The highest BCUT2D eigenvalue weighted by Crippen LogP contribution is 2.28. The average Bonchev–Trinajstić information content (AvgIpc) is 2.97. The zero-order valence-corrected chi connectivity index (χ0v) is 23.8. The van der Waals surface area contributed by atoms with E-state index in [0.29, 0.717) is 28.9 Å². The van der Waals surface area contributed by atoms with E-state index in [-0.39, 0.29) is 32.1 Å². The summed E-state index contributed by atoms with van der Waals surface area (Å²) in [6, 6.07) is 13.5. The number of unbranched alkanes of at least 4 members (excludes halogenated alkanes) is 1. The summed E-state index contributed by atoms with van der Waals surface area (Å²) >= 11 is 0. The number of carbonyl (C=O) groups excluding carboxylic acids is 3. The third-order valence-corrected chi connectivity index (χ3v) is 6.10. The Morgan fingerprint density at radius 1 is 0.976 bits per heavy atom. The summed E-state index contributed by atoms with van der Waals surface area (Å²) in [4.78, 5) is 53.8. The first kappa shape index (κ1) is 33.0. The van der Waals surface area contributed by atoms with Crippen molar-refractivity contribution in [1.82, 2.24) is 4.90 Å². The zero-order valence-electron chi connectivity index (χ0n) is 23.8. The Morgan fingerprint density at radius 2 is 1.68 bits per heavy atom. The van der Waals surface area contributed by atoms with E-state index in [4.69, 9.17) is 14.2 Å². The van der Waals surface area contributed by atoms with E-state index in [2.05, 4.69) is 11.8 Å². The highest BCUT2D eigenvalue weighted by molar-refractivity contribution is 5.93. The Hall–Kier alpha value is -4.25. The molecule has 0 spiro atoms. The van der Waals surface area contributed by atoms with Gasteiger partial charge in [0.2, 0.25) is 0 Å². The Morgan fingerprint density at radius 3 is 2.34 bits per heavy atom. The first-order chi connectivity index (χ1) is 19.8. The van der Waals surface area contributed by atoms with Gasteiger partial charge >= 0.3 is 17.9 Å². The first-order valence-electron chi connectivity index (χ1n) is 13.7. The van der Waals surface area contributed by atoms with Gasteiger partial charge in [-0.1, -0.05) is 57.5 Å². The van der Waals surface area contributed by atoms with Crippen LogP contribution in [0.15, 0.2) is 54.6 Å². The second-order valence-corrected chi connectivity index (χ2v) is 9.04. The van der Waals surface area contributed by atoms with E-state index < -0.39 is 23.1 Å². The number of benzene rings is 2. The van der Waals surface area contributed by atoms with Gasteiger partial charge in [-0.15, -0.1) is 10.1 Å². The van der Waals surface area contributed by atoms with Crippen molar-refractivity contribution in [2.24, 2.45) is 0 Å². The van der Waals surface area contributed by atoms with Gasteiger partial charge in [0.1, 0.15) is 11.9 Å². The normalized spacial score (nSPS) is 11.7. The highest BCUT2D eigenvalue weighted by atomic mass is 16.9. The molecule has 2 rings (SSSR count). The van der Waals surface area contributed by atoms with E-state index in [0.717, 1.165) is 25.9 Å². The lowest BCUT2D eigenvalue weighted by atomic mass is 9.98. The van der Waals surface area contributed by atoms with Crippen LogP contribution in [0.3, 0.4) is 0 Å². The van der Waals surface area contributed by atoms with Crippen molar-refractivity contribution in [2.75, 3.05) is 32.8 Å². The monoisotopic (exact) mass is 570 g/mol. The molecule has 0 saturated heterocycles. The van der Waals surface area contributed by atoms with Crippen LogP contribution in [0.5, 0.6) is 5.75 Å². The molecule has 0 amide bonds. The van der Waals surface area contributed by atoms with Crippen LogP contribution in [0.1, 0.15) is 74.0 Å². The SMILES string of the molecule is CCCCC(OC(=O)CN(CC)CC)c1ccccc1C(=O)Oc1ccc(/C=C/C(=O)OCCCO[N+](=O)[O-])cc1. The Bertz CT molecular complexity index is 1160. The number of hydrogen-bond donors (Lipinski definition) is 0. The molecule has 1 atom stereocenters. The van der Waals surface area contributed by atoms with Gasteiger partial charge in [0.15, 0.2) is 0 Å². The Balaban J connectivity index is 2.03. The number of ether oxygens (including phenoxy) is 3. The van der Waals surface area contributed by atoms with Crippen LogP contribution in [0, 0.1) is 10.1 Å². The second kappa shape index (κ2) is 18.2. The number of hydrogen-bond acceptors (Lipinski definition) is 10. The summed E-state index contributed by atoms with van der Waals surface area (Å²) in [6.07, 6.45) is 4.70. The Labute approximate surface area is 240 Å². The maximum absolute atomic E-state index is 13.2. The molecule has 0 heterocycles. The molecule has 0 aliphatic heterocycles. The predicted octanol–water partition coefficient (Wildman–Crippen LogP) is 5.18. The third-order valence-electron chi connectivity index (χ3n) is 6.10. The maximum atomic E-state index is 13.2. The number of rotatable bonds is 18. The van der Waals surface area contributed by atoms with E-state index in [1.807, 2.05) is 18.7 Å². The van der Waals surface area contributed by atoms with Crippen LogP contribution >= 0.6 is 0 Å². The summed E-state index contributed by atoms with van der Waals surface area (Å²) in [6.45, 7) is 7.49. The standard InChI is InChI=1S/C30H38N2O9/c1-4-7-13-27(41-29(34)22-31(5-2)6-3)25-11-8-9-12-26(25)30(35)40-24-17-14-23(15-18-24)16-19-28(33)38-20-10-21-39-32(36)37/h8-9,11-12,14-19,27H,4-7,10,13,20-22H2,1-3H3/b19-16+. The van der Waals surface area contributed by atoms with Gasteiger partial charge in [0.25, 0.3) is 5.09 Å². The predicted molar refractivity (Wildman–Crippen MR) is 152 cm³/mol. The minimum Gasteiger partial charge on any atom is -0.462 e. The van der Waals surface area contributed by atoms with Gasteiger partial charge in [-0.2, -0.15) is 0 Å². The van der Waals surface area contributed by atoms with Crippen LogP contribution in [-0.4, -0.2) is 60.7 Å². The summed E-state index contributed by atoms with van der Waals surface area (Å²) in [5, 5.41) is 9.18. The van der Waals surface area contributed by atoms with E-state index in [1.54, 1.807) is 48.5 Å². The van der Waals surface area contributed by atoms with E-state index in [9.17, 15) is 24.5 Å². The smallest absolute Gasteiger partial charge is 0.343 e. The minimum absolute atomic E-state index is 0.0121. The molecule has 0 saturated carbocycles. The van der Waals surface area contributed by atoms with Crippen LogP contribution in [0.25, 0.3) is 6.08 Å². The molecule has 11 nitrogen and oxygen atoms in total. The summed E-state index contributed by atoms with van der Waals surface area (Å²) in [7, 11) is 0. The van der Waals surface area contributed by atoms with E-state index in [1.165, 1.54) is 12.2 Å². The third kappa shape index (κ3) is 12.2. The van der Waals surface area contributed by atoms with Gasteiger partial charge in [0.05, 0.1) is 25.3 Å². The highest BCUT2D eigenvalue weighted by Gasteiger charge is 2.24. The fraction of sp³-hybridized carbons (Fsp3) is 0.433. The Kier molecular flexibility index (Phi) is 14.6. The summed E-state index contributed by atoms with van der Waals surface area (Å²) in [5.74, 6) is -1.21. The van der Waals surface area contributed by atoms with Crippen LogP contribution < -0.4 is 4.74 Å². The number of nitrogens with zero attached hydrogens (tertiary/aromatic N) is 2. The number of likely N-dealkylation sites (N-methyl/N-ethyl adjacent to an activating group) is 1. The quantitative estimate of drug-likeness (QED) is 0.0589. The molecule has 0 fully saturated rings. The molecular formula is C30H38N2O9. The van der Waals surface area contributed by atoms with Gasteiger partial charge in [-0.25, -0.2) is 9.59 Å². The molecule has 222 valence electrons. The lowest BCUT2D eigenvalue weighted by Gasteiger charge is -2.23. The van der Waals surface area contributed by atoms with Gasteiger partial charge in [-0.05, 0) is 55.8 Å². The number of esters is 3. The molecule has 41 heavy (non-hydrogen) atoms. The van der Waals surface area contributed by atoms with Crippen molar-refractivity contribution in [3.63, 3.8) is 0 Å².